The van der Waals surface area contributed by atoms with E-state index in [2.05, 4.69) is 50.2 Å². The number of hydrogen-bond donors (Lipinski definition) is 0. The number of Topliss-reactive ketones (excluding diaryl/α,β-unsaturated/α-hetero) is 1. The van der Waals surface area contributed by atoms with Crippen LogP contribution in [0.2, 0.25) is 0 Å². The standard InChI is InChI=1S/C27H36O2/c1-3-5-7-8-21-9-18-26(27(28)20-21)24-12-10-22(11-13-24)23-14-16-25(17-15-23)29-19-6-4-2/h10-17,21,26H,3-9,18-20H2,1-2H3/t21-,26+/m1/s1. The highest BCUT2D eigenvalue weighted by Crippen LogP contribution is 2.36. The minimum Gasteiger partial charge on any atom is -0.494 e. The van der Waals surface area contributed by atoms with Gasteiger partial charge in [-0.1, -0.05) is 82.3 Å². The van der Waals surface area contributed by atoms with Crippen molar-refractivity contribution in [2.45, 2.75) is 77.6 Å². The first-order valence-electron chi connectivity index (χ1n) is 11.6. The van der Waals surface area contributed by atoms with Gasteiger partial charge in [0.2, 0.25) is 0 Å². The van der Waals surface area contributed by atoms with E-state index in [0.29, 0.717) is 11.7 Å². The van der Waals surface area contributed by atoms with Crippen molar-refractivity contribution in [3.63, 3.8) is 0 Å². The molecule has 0 aromatic heterocycles. The van der Waals surface area contributed by atoms with E-state index in [1.165, 1.54) is 48.8 Å². The molecule has 0 bridgehead atoms. The van der Waals surface area contributed by atoms with E-state index in [1.807, 2.05) is 12.1 Å². The summed E-state index contributed by atoms with van der Waals surface area (Å²) in [7, 11) is 0. The summed E-state index contributed by atoms with van der Waals surface area (Å²) in [4.78, 5) is 12.7. The molecule has 0 radical (unpaired) electrons. The number of ether oxygens (including phenoxy) is 1. The molecule has 1 saturated carbocycles. The molecule has 1 aliphatic carbocycles. The van der Waals surface area contributed by atoms with E-state index in [4.69, 9.17) is 4.74 Å². The Morgan fingerprint density at radius 3 is 2.10 bits per heavy atom. The van der Waals surface area contributed by atoms with Gasteiger partial charge in [0.15, 0.2) is 0 Å². The lowest BCUT2D eigenvalue weighted by atomic mass is 9.76. The monoisotopic (exact) mass is 392 g/mol. The van der Waals surface area contributed by atoms with Crippen molar-refractivity contribution in [3.8, 4) is 16.9 Å². The summed E-state index contributed by atoms with van der Waals surface area (Å²) in [5.41, 5.74) is 3.56. The molecule has 0 saturated heterocycles. The Hall–Kier alpha value is -2.09. The smallest absolute Gasteiger partial charge is 0.140 e. The Morgan fingerprint density at radius 2 is 1.48 bits per heavy atom. The molecule has 2 aromatic rings. The van der Waals surface area contributed by atoms with Crippen LogP contribution in [0, 0.1) is 5.92 Å². The number of ketones is 1. The van der Waals surface area contributed by atoms with Crippen LogP contribution >= 0.6 is 0 Å². The molecule has 2 atom stereocenters. The molecule has 156 valence electrons. The summed E-state index contributed by atoms with van der Waals surface area (Å²) in [6.45, 7) is 5.18. The molecule has 2 aromatic carbocycles. The van der Waals surface area contributed by atoms with Gasteiger partial charge in [0, 0.05) is 12.3 Å². The van der Waals surface area contributed by atoms with E-state index in [0.717, 1.165) is 38.0 Å². The lowest BCUT2D eigenvalue weighted by Gasteiger charge is -2.27. The van der Waals surface area contributed by atoms with Crippen LogP contribution in [0.5, 0.6) is 5.75 Å². The normalized spacial score (nSPS) is 19.3. The maximum absolute atomic E-state index is 12.7. The largest absolute Gasteiger partial charge is 0.494 e. The second-order valence-electron chi connectivity index (χ2n) is 8.51. The van der Waals surface area contributed by atoms with Crippen molar-refractivity contribution in [2.24, 2.45) is 5.92 Å². The Balaban J connectivity index is 1.57. The Labute approximate surface area is 176 Å². The van der Waals surface area contributed by atoms with Crippen LogP contribution in [0.25, 0.3) is 11.1 Å². The topological polar surface area (TPSA) is 26.3 Å². The summed E-state index contributed by atoms with van der Waals surface area (Å²) < 4.78 is 5.75. The summed E-state index contributed by atoms with van der Waals surface area (Å²) in [5.74, 6) is 2.09. The fraction of sp³-hybridized carbons (Fsp3) is 0.519. The number of unbranched alkanes of at least 4 members (excludes halogenated alkanes) is 3. The molecule has 3 rings (SSSR count). The highest BCUT2D eigenvalue weighted by atomic mass is 16.5. The van der Waals surface area contributed by atoms with E-state index in [1.54, 1.807) is 0 Å². The van der Waals surface area contributed by atoms with E-state index in [-0.39, 0.29) is 5.92 Å². The zero-order valence-electron chi connectivity index (χ0n) is 18.2. The molecule has 0 heterocycles. The van der Waals surface area contributed by atoms with Gasteiger partial charge in [-0.05, 0) is 54.0 Å². The van der Waals surface area contributed by atoms with Crippen LogP contribution in [-0.4, -0.2) is 12.4 Å². The molecule has 0 N–H and O–H groups in total. The van der Waals surface area contributed by atoms with Crippen LogP contribution in [0.15, 0.2) is 48.5 Å². The van der Waals surface area contributed by atoms with Gasteiger partial charge in [-0.25, -0.2) is 0 Å². The molecule has 2 heteroatoms. The molecule has 1 fully saturated rings. The molecule has 0 unspecified atom stereocenters. The van der Waals surface area contributed by atoms with Crippen molar-refractivity contribution in [2.75, 3.05) is 6.61 Å². The van der Waals surface area contributed by atoms with Crippen molar-refractivity contribution in [3.05, 3.63) is 54.1 Å². The molecule has 29 heavy (non-hydrogen) atoms. The van der Waals surface area contributed by atoms with Crippen LogP contribution in [0.1, 0.15) is 83.1 Å². The summed E-state index contributed by atoms with van der Waals surface area (Å²) in [6, 6.07) is 16.9. The predicted molar refractivity (Wildman–Crippen MR) is 122 cm³/mol. The molecule has 2 nitrogen and oxygen atoms in total. The summed E-state index contributed by atoms with van der Waals surface area (Å²) >= 11 is 0. The van der Waals surface area contributed by atoms with Crippen molar-refractivity contribution < 1.29 is 9.53 Å². The fourth-order valence-electron chi connectivity index (χ4n) is 4.36. The quantitative estimate of drug-likeness (QED) is 0.390. The first kappa shape index (κ1) is 21.6. The van der Waals surface area contributed by atoms with Gasteiger partial charge < -0.3 is 4.74 Å². The highest BCUT2D eigenvalue weighted by molar-refractivity contribution is 5.86. The Bertz CT molecular complexity index is 745. The van der Waals surface area contributed by atoms with Gasteiger partial charge in [-0.15, -0.1) is 0 Å². The van der Waals surface area contributed by atoms with Gasteiger partial charge in [0.25, 0.3) is 0 Å². The van der Waals surface area contributed by atoms with Gasteiger partial charge in [-0.2, -0.15) is 0 Å². The zero-order valence-corrected chi connectivity index (χ0v) is 18.2. The van der Waals surface area contributed by atoms with E-state index in [9.17, 15) is 4.79 Å². The lowest BCUT2D eigenvalue weighted by molar-refractivity contribution is -0.123. The van der Waals surface area contributed by atoms with Crippen LogP contribution in [0.3, 0.4) is 0 Å². The third-order valence-corrected chi connectivity index (χ3v) is 6.23. The molecular weight excluding hydrogens is 356 g/mol. The predicted octanol–water partition coefficient (Wildman–Crippen LogP) is 7.57. The first-order valence-corrected chi connectivity index (χ1v) is 11.6. The molecule has 0 amide bonds. The number of hydrogen-bond acceptors (Lipinski definition) is 2. The molecule has 1 aliphatic rings. The number of carbonyl (C=O) groups excluding carboxylic acids is 1. The van der Waals surface area contributed by atoms with Crippen LogP contribution < -0.4 is 4.74 Å². The Kier molecular flexibility index (Phi) is 8.34. The van der Waals surface area contributed by atoms with Gasteiger partial charge in [0.1, 0.15) is 11.5 Å². The average molecular weight is 393 g/mol. The first-order chi connectivity index (χ1) is 14.2. The van der Waals surface area contributed by atoms with E-state index < -0.39 is 0 Å². The zero-order chi connectivity index (χ0) is 20.5. The fourth-order valence-corrected chi connectivity index (χ4v) is 4.36. The second-order valence-corrected chi connectivity index (χ2v) is 8.51. The summed E-state index contributed by atoms with van der Waals surface area (Å²) in [5, 5.41) is 0. The van der Waals surface area contributed by atoms with Crippen LogP contribution in [-0.2, 0) is 4.79 Å². The van der Waals surface area contributed by atoms with Crippen molar-refractivity contribution >= 4 is 5.78 Å². The maximum Gasteiger partial charge on any atom is 0.140 e. The lowest BCUT2D eigenvalue weighted by Crippen LogP contribution is -2.23. The second kappa shape index (κ2) is 11.2. The molecule has 0 spiro atoms. The third kappa shape index (κ3) is 6.19. The maximum atomic E-state index is 12.7. The number of carbonyl (C=O) groups is 1. The minimum absolute atomic E-state index is 0.0980. The third-order valence-electron chi connectivity index (χ3n) is 6.23. The Morgan fingerprint density at radius 1 is 0.828 bits per heavy atom. The van der Waals surface area contributed by atoms with Crippen molar-refractivity contribution in [1.82, 2.24) is 0 Å². The minimum atomic E-state index is 0.0980. The van der Waals surface area contributed by atoms with Gasteiger partial charge >= 0.3 is 0 Å². The number of rotatable bonds is 10. The van der Waals surface area contributed by atoms with Gasteiger partial charge in [-0.3, -0.25) is 4.79 Å². The average Bonchev–Trinajstić information content (AvgIpc) is 2.75. The molecular formula is C27H36O2. The van der Waals surface area contributed by atoms with Crippen LogP contribution in [0.4, 0.5) is 0 Å². The van der Waals surface area contributed by atoms with E-state index >= 15 is 0 Å². The molecule has 0 aliphatic heterocycles. The summed E-state index contributed by atoms with van der Waals surface area (Å²) in [6.07, 6.45) is 10.3. The number of benzene rings is 2. The SMILES string of the molecule is CCCCC[C@@H]1CC[C@@H](c2ccc(-c3ccc(OCCCC)cc3)cc2)C(=O)C1. The highest BCUT2D eigenvalue weighted by Gasteiger charge is 2.29. The van der Waals surface area contributed by atoms with Crippen molar-refractivity contribution in [1.29, 1.82) is 0 Å². The van der Waals surface area contributed by atoms with Gasteiger partial charge in [0.05, 0.1) is 6.61 Å².